The molecule has 0 atom stereocenters. The summed E-state index contributed by atoms with van der Waals surface area (Å²) in [6.45, 7) is 3.57. The average molecular weight is 277 g/mol. The van der Waals surface area contributed by atoms with Gasteiger partial charge in [-0.3, -0.25) is 9.78 Å². The van der Waals surface area contributed by atoms with Crippen molar-refractivity contribution in [3.8, 4) is 0 Å². The molecule has 4 aromatic rings. The summed E-state index contributed by atoms with van der Waals surface area (Å²) < 4.78 is 11.0. The second-order valence-corrected chi connectivity index (χ2v) is 4.84. The highest BCUT2D eigenvalue weighted by Crippen LogP contribution is 2.29. The largest absolute Gasteiger partial charge is 0.456 e. The Balaban J connectivity index is 2.01. The zero-order valence-corrected chi connectivity index (χ0v) is 11.1. The van der Waals surface area contributed by atoms with Crippen LogP contribution in [-0.2, 0) is 0 Å². The third kappa shape index (κ3) is 1.89. The minimum absolute atomic E-state index is 0.243. The fourth-order valence-corrected chi connectivity index (χ4v) is 2.47. The number of oxazole rings is 1. The van der Waals surface area contributed by atoms with E-state index in [-0.39, 0.29) is 16.5 Å². The van der Waals surface area contributed by atoms with E-state index in [1.165, 1.54) is 0 Å². The van der Waals surface area contributed by atoms with Gasteiger partial charge in [0.05, 0.1) is 0 Å². The second-order valence-electron chi connectivity index (χ2n) is 4.84. The van der Waals surface area contributed by atoms with E-state index in [1.54, 1.807) is 6.08 Å². The maximum atomic E-state index is 11.6. The summed E-state index contributed by atoms with van der Waals surface area (Å²) in [6.07, 6.45) is 1.69. The standard InChI is InChI=1S/C17H11NO3/c1-10-18-17(19)16(20-10)9-11-6-7-15-13(8-11)12-4-2-3-5-14(12)21-15/h2-9H,1H2,(H,18,19)/b16-9+. The van der Waals surface area contributed by atoms with Crippen LogP contribution in [0.4, 0.5) is 0 Å². The Morgan fingerprint density at radius 3 is 2.62 bits per heavy atom. The number of benzene rings is 2. The SMILES string of the molecule is C=c1[nH]c(=O)/c(=C\c2ccc3oc4ccccc4c3c2)o1. The quantitative estimate of drug-likeness (QED) is 0.579. The highest BCUT2D eigenvalue weighted by atomic mass is 16.3. The molecule has 2 aromatic carbocycles. The number of hydrogen-bond acceptors (Lipinski definition) is 3. The molecule has 1 N–H and O–H groups in total. The van der Waals surface area contributed by atoms with Crippen molar-refractivity contribution in [2.75, 3.05) is 0 Å². The molecule has 0 aliphatic rings. The van der Waals surface area contributed by atoms with Crippen molar-refractivity contribution in [3.05, 3.63) is 69.3 Å². The van der Waals surface area contributed by atoms with Crippen molar-refractivity contribution >= 4 is 34.6 Å². The van der Waals surface area contributed by atoms with Gasteiger partial charge in [0, 0.05) is 10.8 Å². The summed E-state index contributed by atoms with van der Waals surface area (Å²) >= 11 is 0. The number of nitrogens with one attached hydrogen (secondary N) is 1. The molecule has 4 heteroatoms. The highest BCUT2D eigenvalue weighted by molar-refractivity contribution is 6.05. The van der Waals surface area contributed by atoms with E-state index in [0.717, 1.165) is 27.5 Å². The van der Waals surface area contributed by atoms with Gasteiger partial charge in [-0.2, -0.15) is 0 Å². The van der Waals surface area contributed by atoms with Crippen LogP contribution >= 0.6 is 0 Å². The minimum Gasteiger partial charge on any atom is -0.456 e. The maximum Gasteiger partial charge on any atom is 0.293 e. The lowest BCUT2D eigenvalue weighted by atomic mass is 10.1. The van der Waals surface area contributed by atoms with Crippen LogP contribution in [-0.4, -0.2) is 4.98 Å². The number of rotatable bonds is 1. The Kier molecular flexibility index (Phi) is 2.38. The van der Waals surface area contributed by atoms with Crippen LogP contribution in [0.1, 0.15) is 5.56 Å². The zero-order chi connectivity index (χ0) is 14.4. The minimum atomic E-state index is -0.280. The molecular formula is C17H11NO3. The first-order valence-electron chi connectivity index (χ1n) is 6.52. The van der Waals surface area contributed by atoms with Gasteiger partial charge in [0.25, 0.3) is 5.56 Å². The Morgan fingerprint density at radius 1 is 1.00 bits per heavy atom. The van der Waals surface area contributed by atoms with Gasteiger partial charge in [0.15, 0.2) is 11.0 Å². The van der Waals surface area contributed by atoms with Gasteiger partial charge >= 0.3 is 0 Å². The van der Waals surface area contributed by atoms with Gasteiger partial charge in [-0.1, -0.05) is 24.3 Å². The third-order valence-electron chi connectivity index (χ3n) is 3.41. The van der Waals surface area contributed by atoms with Crippen LogP contribution in [0.3, 0.4) is 0 Å². The molecule has 102 valence electrons. The van der Waals surface area contributed by atoms with Crippen molar-refractivity contribution < 1.29 is 8.83 Å². The lowest BCUT2D eigenvalue weighted by molar-refractivity contribution is 0.492. The van der Waals surface area contributed by atoms with Gasteiger partial charge in [0.2, 0.25) is 0 Å². The zero-order valence-electron chi connectivity index (χ0n) is 11.1. The third-order valence-corrected chi connectivity index (χ3v) is 3.41. The predicted octanol–water partition coefficient (Wildman–Crippen LogP) is 2.11. The van der Waals surface area contributed by atoms with E-state index in [9.17, 15) is 4.79 Å². The molecule has 4 rings (SSSR count). The molecule has 2 heterocycles. The number of fused-ring (bicyclic) bond motifs is 3. The van der Waals surface area contributed by atoms with E-state index in [4.69, 9.17) is 8.83 Å². The fraction of sp³-hybridized carbons (Fsp3) is 0. The first kappa shape index (κ1) is 11.8. The summed E-state index contributed by atoms with van der Waals surface area (Å²) in [5, 5.41) is 2.06. The van der Waals surface area contributed by atoms with Crippen LogP contribution in [0.2, 0.25) is 0 Å². The molecule has 0 aliphatic heterocycles. The molecule has 0 fully saturated rings. The molecule has 2 aromatic heterocycles. The summed E-state index contributed by atoms with van der Waals surface area (Å²) in [5.41, 5.74) is 2.75. The number of para-hydroxylation sites is 1. The number of hydrogen-bond donors (Lipinski definition) is 1. The van der Waals surface area contributed by atoms with Crippen LogP contribution in [0.5, 0.6) is 0 Å². The van der Waals surface area contributed by atoms with E-state index in [2.05, 4.69) is 11.6 Å². The van der Waals surface area contributed by atoms with Gasteiger partial charge in [0.1, 0.15) is 11.2 Å². The Hall–Kier alpha value is -3.01. The Bertz CT molecular complexity index is 1130. The van der Waals surface area contributed by atoms with Gasteiger partial charge in [-0.15, -0.1) is 0 Å². The molecular weight excluding hydrogens is 266 g/mol. The van der Waals surface area contributed by atoms with Crippen LogP contribution in [0, 0.1) is 0 Å². The molecule has 0 saturated carbocycles. The summed E-state index contributed by atoms with van der Waals surface area (Å²) in [6, 6.07) is 13.6. The van der Waals surface area contributed by atoms with E-state index in [0.29, 0.717) is 0 Å². The summed E-state index contributed by atoms with van der Waals surface area (Å²) in [7, 11) is 0. The van der Waals surface area contributed by atoms with E-state index < -0.39 is 0 Å². The molecule has 0 spiro atoms. The molecule has 0 radical (unpaired) electrons. The number of aromatic nitrogens is 1. The number of H-pyrrole nitrogens is 1. The fourth-order valence-electron chi connectivity index (χ4n) is 2.47. The van der Waals surface area contributed by atoms with Crippen LogP contribution in [0.15, 0.2) is 56.1 Å². The van der Waals surface area contributed by atoms with Crippen molar-refractivity contribution in [2.45, 2.75) is 0 Å². The van der Waals surface area contributed by atoms with Crippen LogP contribution in [0.25, 0.3) is 34.6 Å². The average Bonchev–Trinajstić information content (AvgIpc) is 2.99. The first-order chi connectivity index (χ1) is 10.2. The van der Waals surface area contributed by atoms with Crippen molar-refractivity contribution in [1.29, 1.82) is 0 Å². The lowest BCUT2D eigenvalue weighted by Crippen LogP contribution is -2.20. The molecule has 0 saturated heterocycles. The summed E-state index contributed by atoms with van der Waals surface area (Å²) in [4.78, 5) is 14.1. The number of aromatic amines is 1. The van der Waals surface area contributed by atoms with Crippen molar-refractivity contribution in [3.63, 3.8) is 0 Å². The monoisotopic (exact) mass is 277 g/mol. The lowest BCUT2D eigenvalue weighted by Gasteiger charge is -1.92. The molecule has 4 nitrogen and oxygen atoms in total. The maximum absolute atomic E-state index is 11.6. The van der Waals surface area contributed by atoms with Crippen molar-refractivity contribution in [2.24, 2.45) is 0 Å². The smallest absolute Gasteiger partial charge is 0.293 e. The highest BCUT2D eigenvalue weighted by Gasteiger charge is 2.06. The molecule has 21 heavy (non-hydrogen) atoms. The molecule has 0 aliphatic carbocycles. The summed E-state index contributed by atoms with van der Waals surface area (Å²) in [5.74, 6) is 0. The first-order valence-corrected chi connectivity index (χ1v) is 6.52. The normalized spacial score (nSPS) is 12.5. The van der Waals surface area contributed by atoms with Crippen LogP contribution < -0.4 is 16.5 Å². The predicted molar refractivity (Wildman–Crippen MR) is 81.4 cm³/mol. The van der Waals surface area contributed by atoms with Crippen molar-refractivity contribution in [1.82, 2.24) is 4.98 Å². The molecule has 0 amide bonds. The topological polar surface area (TPSA) is 59.1 Å². The second kappa shape index (κ2) is 4.24. The van der Waals surface area contributed by atoms with Gasteiger partial charge in [-0.05, 0) is 36.4 Å². The van der Waals surface area contributed by atoms with Gasteiger partial charge in [-0.25, -0.2) is 0 Å². The Labute approximate surface area is 118 Å². The van der Waals surface area contributed by atoms with Gasteiger partial charge < -0.3 is 8.83 Å². The molecule has 0 unspecified atom stereocenters. The Morgan fingerprint density at radius 2 is 1.81 bits per heavy atom. The number of furan rings is 1. The van der Waals surface area contributed by atoms with E-state index >= 15 is 0 Å². The van der Waals surface area contributed by atoms with E-state index in [1.807, 2.05) is 42.5 Å². The molecule has 0 bridgehead atoms.